The molecule has 20 heavy (non-hydrogen) atoms. The second kappa shape index (κ2) is 7.64. The van der Waals surface area contributed by atoms with Crippen molar-refractivity contribution in [3.8, 4) is 0 Å². The number of rotatable bonds is 6. The van der Waals surface area contributed by atoms with E-state index in [1.165, 1.54) is 0 Å². The second-order valence-electron chi connectivity index (χ2n) is 4.58. The van der Waals surface area contributed by atoms with E-state index in [0.29, 0.717) is 13.1 Å². The SMILES string of the molecule is CCNC(=O)NC(=O)C(C)NCc1cn(C)nc1CC. The van der Waals surface area contributed by atoms with Crippen molar-refractivity contribution in [3.05, 3.63) is 17.5 Å². The van der Waals surface area contributed by atoms with Crippen LogP contribution in [0.25, 0.3) is 0 Å². The summed E-state index contributed by atoms with van der Waals surface area (Å²) in [7, 11) is 1.87. The lowest BCUT2D eigenvalue weighted by Crippen LogP contribution is -2.47. The summed E-state index contributed by atoms with van der Waals surface area (Å²) in [4.78, 5) is 23.0. The van der Waals surface area contributed by atoms with Gasteiger partial charge in [0.05, 0.1) is 11.7 Å². The summed E-state index contributed by atoms with van der Waals surface area (Å²) in [6, 6.07) is -0.927. The van der Waals surface area contributed by atoms with Gasteiger partial charge in [0.15, 0.2) is 0 Å². The van der Waals surface area contributed by atoms with Gasteiger partial charge in [-0.15, -0.1) is 0 Å². The highest BCUT2D eigenvalue weighted by molar-refractivity contribution is 5.96. The molecule has 1 unspecified atom stereocenters. The predicted molar refractivity (Wildman–Crippen MR) is 76.1 cm³/mol. The Morgan fingerprint density at radius 2 is 2.10 bits per heavy atom. The van der Waals surface area contributed by atoms with E-state index in [0.717, 1.165) is 17.7 Å². The summed E-state index contributed by atoms with van der Waals surface area (Å²) < 4.78 is 1.76. The van der Waals surface area contributed by atoms with Gasteiger partial charge >= 0.3 is 6.03 Å². The maximum Gasteiger partial charge on any atom is 0.321 e. The van der Waals surface area contributed by atoms with Crippen molar-refractivity contribution in [1.29, 1.82) is 0 Å². The summed E-state index contributed by atoms with van der Waals surface area (Å²) in [6.07, 6.45) is 2.78. The normalized spacial score (nSPS) is 12.0. The second-order valence-corrected chi connectivity index (χ2v) is 4.58. The number of aromatic nitrogens is 2. The minimum atomic E-state index is -0.471. The van der Waals surface area contributed by atoms with Gasteiger partial charge in [0.1, 0.15) is 0 Å². The van der Waals surface area contributed by atoms with Gasteiger partial charge in [-0.3, -0.25) is 14.8 Å². The molecular weight excluding hydrogens is 258 g/mol. The van der Waals surface area contributed by atoms with Crippen LogP contribution in [0.1, 0.15) is 32.0 Å². The van der Waals surface area contributed by atoms with Crippen molar-refractivity contribution in [3.63, 3.8) is 0 Å². The minimum absolute atomic E-state index is 0.349. The van der Waals surface area contributed by atoms with Crippen molar-refractivity contribution >= 4 is 11.9 Å². The summed E-state index contributed by atoms with van der Waals surface area (Å²) in [5.41, 5.74) is 2.07. The molecule has 112 valence electrons. The highest BCUT2D eigenvalue weighted by atomic mass is 16.2. The lowest BCUT2D eigenvalue weighted by Gasteiger charge is -2.13. The number of carbonyl (C=O) groups is 2. The smallest absolute Gasteiger partial charge is 0.321 e. The Morgan fingerprint density at radius 1 is 1.40 bits per heavy atom. The van der Waals surface area contributed by atoms with E-state index in [9.17, 15) is 9.59 Å². The predicted octanol–water partition coefficient (Wildman–Crippen LogP) is 0.306. The molecule has 0 saturated carbocycles. The van der Waals surface area contributed by atoms with Crippen molar-refractivity contribution < 1.29 is 9.59 Å². The molecule has 7 nitrogen and oxygen atoms in total. The van der Waals surface area contributed by atoms with E-state index < -0.39 is 12.1 Å². The molecule has 1 heterocycles. The first-order chi connectivity index (χ1) is 9.47. The molecule has 0 fully saturated rings. The Labute approximate surface area is 119 Å². The third-order valence-electron chi connectivity index (χ3n) is 2.89. The summed E-state index contributed by atoms with van der Waals surface area (Å²) in [6.45, 7) is 6.57. The fourth-order valence-electron chi connectivity index (χ4n) is 1.81. The molecular formula is C13H23N5O2. The first kappa shape index (κ1) is 16.2. The molecule has 1 aromatic heterocycles. The molecule has 0 bridgehead atoms. The average Bonchev–Trinajstić information content (AvgIpc) is 2.76. The highest BCUT2D eigenvalue weighted by Crippen LogP contribution is 2.06. The molecule has 1 rings (SSSR count). The van der Waals surface area contributed by atoms with Crippen LogP contribution in [0.3, 0.4) is 0 Å². The van der Waals surface area contributed by atoms with Crippen LogP contribution in [-0.4, -0.2) is 34.3 Å². The number of urea groups is 1. The van der Waals surface area contributed by atoms with E-state index in [1.54, 1.807) is 18.5 Å². The van der Waals surface area contributed by atoms with Gasteiger partial charge in [0.2, 0.25) is 5.91 Å². The number of amides is 3. The van der Waals surface area contributed by atoms with E-state index in [1.807, 2.05) is 20.2 Å². The molecule has 1 atom stereocenters. The first-order valence-electron chi connectivity index (χ1n) is 6.81. The Balaban J connectivity index is 2.47. The van der Waals surface area contributed by atoms with Gasteiger partial charge in [-0.1, -0.05) is 6.92 Å². The topological polar surface area (TPSA) is 88.0 Å². The number of hydrogen-bond acceptors (Lipinski definition) is 4. The number of aryl methyl sites for hydroxylation is 2. The van der Waals surface area contributed by atoms with Gasteiger partial charge in [-0.25, -0.2) is 4.79 Å². The van der Waals surface area contributed by atoms with Crippen molar-refractivity contribution in [2.45, 2.75) is 39.8 Å². The number of carbonyl (C=O) groups excluding carboxylic acids is 2. The molecule has 0 aliphatic rings. The minimum Gasteiger partial charge on any atom is -0.338 e. The van der Waals surface area contributed by atoms with Crippen molar-refractivity contribution in [2.75, 3.05) is 6.54 Å². The number of imide groups is 1. The van der Waals surface area contributed by atoms with Crippen LogP contribution >= 0.6 is 0 Å². The van der Waals surface area contributed by atoms with E-state index in [-0.39, 0.29) is 5.91 Å². The van der Waals surface area contributed by atoms with Crippen LogP contribution in [0.5, 0.6) is 0 Å². The zero-order valence-electron chi connectivity index (χ0n) is 12.5. The standard InChI is InChI=1S/C13H23N5O2/c1-5-11-10(8-18(4)17-11)7-15-9(3)12(19)16-13(20)14-6-2/h8-9,15H,5-7H2,1-4H3,(H2,14,16,19,20). The maximum absolute atomic E-state index is 11.8. The molecule has 3 N–H and O–H groups in total. The van der Waals surface area contributed by atoms with E-state index in [2.05, 4.69) is 21.0 Å². The van der Waals surface area contributed by atoms with E-state index >= 15 is 0 Å². The van der Waals surface area contributed by atoms with Gasteiger partial charge in [0, 0.05) is 31.9 Å². The van der Waals surface area contributed by atoms with Crippen LogP contribution in [-0.2, 0) is 24.8 Å². The molecule has 0 aromatic carbocycles. The quantitative estimate of drug-likeness (QED) is 0.700. The average molecular weight is 281 g/mol. The zero-order valence-corrected chi connectivity index (χ0v) is 12.5. The van der Waals surface area contributed by atoms with Gasteiger partial charge in [-0.05, 0) is 20.3 Å². The van der Waals surface area contributed by atoms with Crippen LogP contribution in [0.4, 0.5) is 4.79 Å². The molecule has 0 spiro atoms. The largest absolute Gasteiger partial charge is 0.338 e. The lowest BCUT2D eigenvalue weighted by atomic mass is 10.2. The fraction of sp³-hybridized carbons (Fsp3) is 0.615. The Morgan fingerprint density at radius 3 is 2.70 bits per heavy atom. The van der Waals surface area contributed by atoms with Crippen LogP contribution in [0.15, 0.2) is 6.20 Å². The zero-order chi connectivity index (χ0) is 15.1. The Bertz CT molecular complexity index is 469. The number of nitrogens with one attached hydrogen (secondary N) is 3. The van der Waals surface area contributed by atoms with Gasteiger partial charge in [0.25, 0.3) is 0 Å². The van der Waals surface area contributed by atoms with Crippen LogP contribution in [0.2, 0.25) is 0 Å². The molecule has 0 saturated heterocycles. The summed E-state index contributed by atoms with van der Waals surface area (Å²) >= 11 is 0. The first-order valence-corrected chi connectivity index (χ1v) is 6.81. The lowest BCUT2D eigenvalue weighted by molar-refractivity contribution is -0.121. The monoisotopic (exact) mass is 281 g/mol. The Hall–Kier alpha value is -1.89. The van der Waals surface area contributed by atoms with Gasteiger partial charge < -0.3 is 10.6 Å². The summed E-state index contributed by atoms with van der Waals surface area (Å²) in [5.74, 6) is -0.349. The highest BCUT2D eigenvalue weighted by Gasteiger charge is 2.15. The molecule has 0 aliphatic carbocycles. The molecule has 7 heteroatoms. The molecule has 3 amide bonds. The molecule has 0 aliphatic heterocycles. The van der Waals surface area contributed by atoms with Crippen molar-refractivity contribution in [1.82, 2.24) is 25.7 Å². The third kappa shape index (κ3) is 4.65. The third-order valence-corrected chi connectivity index (χ3v) is 2.89. The number of hydrogen-bond donors (Lipinski definition) is 3. The number of nitrogens with zero attached hydrogens (tertiary/aromatic N) is 2. The van der Waals surface area contributed by atoms with Crippen molar-refractivity contribution in [2.24, 2.45) is 7.05 Å². The Kier molecular flexibility index (Phi) is 6.17. The fourth-order valence-corrected chi connectivity index (χ4v) is 1.81. The molecule has 1 aromatic rings. The molecule has 0 radical (unpaired) electrons. The van der Waals surface area contributed by atoms with Crippen LogP contribution in [0, 0.1) is 0 Å². The summed E-state index contributed by atoms with van der Waals surface area (Å²) in [5, 5.41) is 12.2. The van der Waals surface area contributed by atoms with Crippen LogP contribution < -0.4 is 16.0 Å². The maximum atomic E-state index is 11.8. The van der Waals surface area contributed by atoms with E-state index in [4.69, 9.17) is 0 Å². The van der Waals surface area contributed by atoms with Gasteiger partial charge in [-0.2, -0.15) is 5.10 Å².